The third kappa shape index (κ3) is 2.87. The van der Waals surface area contributed by atoms with E-state index in [1.54, 1.807) is 0 Å². The van der Waals surface area contributed by atoms with Gasteiger partial charge in [0.1, 0.15) is 5.69 Å². The Morgan fingerprint density at radius 1 is 1.06 bits per heavy atom. The van der Waals surface area contributed by atoms with Crippen molar-refractivity contribution in [1.29, 1.82) is 0 Å². The van der Waals surface area contributed by atoms with Crippen molar-refractivity contribution in [2.75, 3.05) is 0 Å². The van der Waals surface area contributed by atoms with E-state index in [9.17, 15) is 26.3 Å². The lowest BCUT2D eigenvalue weighted by Gasteiger charge is -2.13. The Kier molecular flexibility index (Phi) is 3.51. The van der Waals surface area contributed by atoms with Crippen LogP contribution in [0.1, 0.15) is 16.8 Å². The highest BCUT2D eigenvalue weighted by atomic mass is 79.9. The van der Waals surface area contributed by atoms with Gasteiger partial charge in [-0.05, 0) is 11.6 Å². The highest BCUT2D eigenvalue weighted by molar-refractivity contribution is 9.08. The Bertz CT molecular complexity index is 383. The predicted octanol–water partition coefficient (Wildman–Crippen LogP) is 4.01. The number of rotatable bonds is 1. The van der Waals surface area contributed by atoms with E-state index in [0.717, 1.165) is 0 Å². The first-order valence-electron chi connectivity index (χ1n) is 3.85. The third-order valence-corrected chi connectivity index (χ3v) is 2.33. The van der Waals surface area contributed by atoms with Gasteiger partial charge >= 0.3 is 12.4 Å². The normalized spacial score (nSPS) is 12.9. The molecule has 1 aromatic heterocycles. The van der Waals surface area contributed by atoms with Gasteiger partial charge < -0.3 is 0 Å². The summed E-state index contributed by atoms with van der Waals surface area (Å²) in [4.78, 5) is 2.94. The average molecular weight is 308 g/mol. The fourth-order valence-electron chi connectivity index (χ4n) is 1.01. The molecule has 0 unspecified atom stereocenters. The number of aromatic nitrogens is 1. The van der Waals surface area contributed by atoms with E-state index in [1.807, 2.05) is 0 Å². The molecule has 8 heteroatoms. The second-order valence-corrected chi connectivity index (χ2v) is 3.42. The highest BCUT2D eigenvalue weighted by Crippen LogP contribution is 2.36. The van der Waals surface area contributed by atoms with E-state index < -0.39 is 23.6 Å². The molecule has 0 aliphatic rings. The summed E-state index contributed by atoms with van der Waals surface area (Å²) in [7, 11) is 0. The van der Waals surface area contributed by atoms with Crippen molar-refractivity contribution >= 4 is 15.9 Å². The first kappa shape index (κ1) is 13.3. The van der Waals surface area contributed by atoms with Crippen LogP contribution in [0.15, 0.2) is 12.3 Å². The van der Waals surface area contributed by atoms with Gasteiger partial charge in [0, 0.05) is 11.5 Å². The van der Waals surface area contributed by atoms with Crippen molar-refractivity contribution in [2.45, 2.75) is 17.7 Å². The number of halogens is 7. The molecule has 90 valence electrons. The molecule has 0 atom stereocenters. The molecule has 0 aliphatic carbocycles. The second kappa shape index (κ2) is 4.23. The monoisotopic (exact) mass is 307 g/mol. The fraction of sp³-hybridized carbons (Fsp3) is 0.375. The molecule has 0 fully saturated rings. The first-order chi connectivity index (χ1) is 7.16. The van der Waals surface area contributed by atoms with Crippen molar-refractivity contribution in [2.24, 2.45) is 0 Å². The van der Waals surface area contributed by atoms with Crippen molar-refractivity contribution in [3.63, 3.8) is 0 Å². The molecule has 0 spiro atoms. The van der Waals surface area contributed by atoms with Crippen LogP contribution in [-0.4, -0.2) is 4.98 Å². The van der Waals surface area contributed by atoms with Gasteiger partial charge in [0.15, 0.2) is 0 Å². The molecule has 1 rings (SSSR count). The Hall–Kier alpha value is -0.790. The molecule has 0 N–H and O–H groups in total. The number of hydrogen-bond acceptors (Lipinski definition) is 1. The minimum absolute atomic E-state index is 0.0105. The zero-order chi connectivity index (χ0) is 12.6. The smallest absolute Gasteiger partial charge is 0.251 e. The third-order valence-electron chi connectivity index (χ3n) is 1.73. The maximum Gasteiger partial charge on any atom is 0.433 e. The van der Waals surface area contributed by atoms with Gasteiger partial charge in [0.25, 0.3) is 0 Å². The summed E-state index contributed by atoms with van der Waals surface area (Å²) in [6, 6.07) is 0.0105. The van der Waals surface area contributed by atoms with Gasteiger partial charge in [-0.2, -0.15) is 26.3 Å². The molecule has 0 radical (unpaired) electrons. The fourth-order valence-corrected chi connectivity index (χ4v) is 1.46. The summed E-state index contributed by atoms with van der Waals surface area (Å²) >= 11 is 2.75. The largest absolute Gasteiger partial charge is 0.433 e. The summed E-state index contributed by atoms with van der Waals surface area (Å²) in [5.74, 6) is 0. The minimum atomic E-state index is -4.88. The predicted molar refractivity (Wildman–Crippen MR) is 46.9 cm³/mol. The molecule has 1 aromatic rings. The quantitative estimate of drug-likeness (QED) is 0.564. The van der Waals surface area contributed by atoms with Crippen LogP contribution in [0.5, 0.6) is 0 Å². The maximum atomic E-state index is 12.4. The molecule has 1 nitrogen and oxygen atoms in total. The average Bonchev–Trinajstić information content (AvgIpc) is 2.14. The topological polar surface area (TPSA) is 12.9 Å². The maximum absolute atomic E-state index is 12.4. The van der Waals surface area contributed by atoms with E-state index in [4.69, 9.17) is 0 Å². The molecule has 0 saturated carbocycles. The standard InChI is InChI=1S/C8H4BrF6N/c9-2-4-3-16-6(8(13,14)15)1-5(4)7(10,11)12/h1,3H,2H2. The van der Waals surface area contributed by atoms with Crippen LogP contribution >= 0.6 is 15.9 Å². The molecule has 0 aromatic carbocycles. The van der Waals surface area contributed by atoms with Crippen LogP contribution in [0, 0.1) is 0 Å². The summed E-state index contributed by atoms with van der Waals surface area (Å²) in [5.41, 5.74) is -3.21. The Balaban J connectivity index is 3.34. The van der Waals surface area contributed by atoms with Crippen molar-refractivity contribution in [1.82, 2.24) is 4.98 Å². The number of alkyl halides is 7. The van der Waals surface area contributed by atoms with Gasteiger partial charge in [-0.3, -0.25) is 4.98 Å². The molecule has 16 heavy (non-hydrogen) atoms. The van der Waals surface area contributed by atoms with E-state index >= 15 is 0 Å². The lowest BCUT2D eigenvalue weighted by molar-refractivity contribution is -0.145. The van der Waals surface area contributed by atoms with E-state index in [2.05, 4.69) is 20.9 Å². The summed E-state index contributed by atoms with van der Waals surface area (Å²) < 4.78 is 73.6. The van der Waals surface area contributed by atoms with Gasteiger partial charge in [-0.1, -0.05) is 15.9 Å². The van der Waals surface area contributed by atoms with E-state index in [-0.39, 0.29) is 17.0 Å². The van der Waals surface area contributed by atoms with Crippen molar-refractivity contribution < 1.29 is 26.3 Å². The molecule has 1 heterocycles. The van der Waals surface area contributed by atoms with Gasteiger partial charge in [0.2, 0.25) is 0 Å². The summed E-state index contributed by atoms with van der Waals surface area (Å²) in [5, 5.41) is -0.215. The Labute approximate surface area is 94.6 Å². The highest BCUT2D eigenvalue weighted by Gasteiger charge is 2.38. The van der Waals surface area contributed by atoms with Crippen LogP contribution in [0.25, 0.3) is 0 Å². The van der Waals surface area contributed by atoms with Gasteiger partial charge in [-0.25, -0.2) is 0 Å². The molecule has 0 bridgehead atoms. The van der Waals surface area contributed by atoms with Crippen molar-refractivity contribution in [3.05, 3.63) is 29.1 Å². The van der Waals surface area contributed by atoms with Gasteiger partial charge in [-0.15, -0.1) is 0 Å². The van der Waals surface area contributed by atoms with Gasteiger partial charge in [0.05, 0.1) is 5.56 Å². The summed E-state index contributed by atoms with van der Waals surface area (Å²) in [6.07, 6.45) is -9.14. The van der Waals surface area contributed by atoms with Crippen molar-refractivity contribution in [3.8, 4) is 0 Å². The lowest BCUT2D eigenvalue weighted by Crippen LogP contribution is -2.14. The number of nitrogens with zero attached hydrogens (tertiary/aromatic N) is 1. The van der Waals surface area contributed by atoms with Crippen LogP contribution in [-0.2, 0) is 17.7 Å². The van der Waals surface area contributed by atoms with Crippen LogP contribution in [0.3, 0.4) is 0 Å². The zero-order valence-corrected chi connectivity index (χ0v) is 9.04. The van der Waals surface area contributed by atoms with Crippen LogP contribution in [0.4, 0.5) is 26.3 Å². The molecule has 0 amide bonds. The zero-order valence-electron chi connectivity index (χ0n) is 7.45. The molecule has 0 aliphatic heterocycles. The van der Waals surface area contributed by atoms with Crippen LogP contribution < -0.4 is 0 Å². The SMILES string of the molecule is FC(F)(F)c1cc(C(F)(F)F)c(CBr)cn1. The Morgan fingerprint density at radius 2 is 1.62 bits per heavy atom. The van der Waals surface area contributed by atoms with E-state index in [1.165, 1.54) is 0 Å². The first-order valence-corrected chi connectivity index (χ1v) is 4.97. The summed E-state index contributed by atoms with van der Waals surface area (Å²) in [6.45, 7) is 0. The molecular weight excluding hydrogens is 304 g/mol. The molecule has 0 saturated heterocycles. The molecular formula is C8H4BrF6N. The second-order valence-electron chi connectivity index (χ2n) is 2.86. The minimum Gasteiger partial charge on any atom is -0.251 e. The number of pyridine rings is 1. The van der Waals surface area contributed by atoms with E-state index in [0.29, 0.717) is 6.20 Å². The van der Waals surface area contributed by atoms with Crippen LogP contribution in [0.2, 0.25) is 0 Å². The number of hydrogen-bond donors (Lipinski definition) is 0. The Morgan fingerprint density at radius 3 is 2.00 bits per heavy atom. The lowest BCUT2D eigenvalue weighted by atomic mass is 10.1.